The van der Waals surface area contributed by atoms with Crippen molar-refractivity contribution >= 4 is 11.9 Å². The van der Waals surface area contributed by atoms with Crippen LogP contribution in [-0.2, 0) is 0 Å². The normalized spacial score (nSPS) is 9.90. The van der Waals surface area contributed by atoms with Crippen molar-refractivity contribution < 1.29 is 19.4 Å². The van der Waals surface area contributed by atoms with Gasteiger partial charge in [0.15, 0.2) is 5.69 Å². The molecular weight excluding hydrogens is 264 g/mol. The molecule has 0 aliphatic carbocycles. The van der Waals surface area contributed by atoms with Gasteiger partial charge in [0.25, 0.3) is 5.91 Å². The highest BCUT2D eigenvalue weighted by molar-refractivity contribution is 6.03. The minimum absolute atomic E-state index is 0.0174. The lowest BCUT2D eigenvalue weighted by Gasteiger charge is -2.07. The van der Waals surface area contributed by atoms with Crippen molar-refractivity contribution in [3.63, 3.8) is 0 Å². The van der Waals surface area contributed by atoms with Crippen molar-refractivity contribution in [1.82, 2.24) is 15.0 Å². The van der Waals surface area contributed by atoms with Gasteiger partial charge in [-0.1, -0.05) is 0 Å². The lowest BCUT2D eigenvalue weighted by molar-refractivity contribution is 0.101. The Morgan fingerprint density at radius 3 is 2.45 bits per heavy atom. The highest BCUT2D eigenvalue weighted by atomic mass is 16.5. The average molecular weight is 276 g/mol. The van der Waals surface area contributed by atoms with Gasteiger partial charge >= 0.3 is 0 Å². The number of anilines is 1. The third kappa shape index (κ3) is 2.91. The van der Waals surface area contributed by atoms with Crippen molar-refractivity contribution in [1.29, 1.82) is 0 Å². The number of hydrogen-bond donors (Lipinski definition) is 2. The molecular formula is C12H12N4O4. The molecule has 0 saturated carbocycles. The number of aromatic hydroxyl groups is 1. The maximum absolute atomic E-state index is 11.9. The molecule has 0 atom stereocenters. The van der Waals surface area contributed by atoms with E-state index in [1.807, 2.05) is 0 Å². The van der Waals surface area contributed by atoms with Gasteiger partial charge in [0.1, 0.15) is 5.75 Å². The second-order valence-electron chi connectivity index (χ2n) is 3.60. The monoisotopic (exact) mass is 276 g/mol. The first-order valence-corrected chi connectivity index (χ1v) is 5.56. The number of carbonyl (C=O) groups excluding carboxylic acids is 1. The van der Waals surface area contributed by atoms with Gasteiger partial charge in [-0.2, -0.15) is 9.97 Å². The Hall–Kier alpha value is -2.90. The molecule has 0 bridgehead atoms. The van der Waals surface area contributed by atoms with E-state index >= 15 is 0 Å². The van der Waals surface area contributed by atoms with E-state index in [9.17, 15) is 9.90 Å². The van der Waals surface area contributed by atoms with E-state index in [0.29, 0.717) is 0 Å². The van der Waals surface area contributed by atoms with Gasteiger partial charge in [-0.3, -0.25) is 10.1 Å². The minimum atomic E-state index is -0.640. The van der Waals surface area contributed by atoms with Crippen molar-refractivity contribution in [2.75, 3.05) is 19.5 Å². The van der Waals surface area contributed by atoms with E-state index in [4.69, 9.17) is 9.47 Å². The van der Waals surface area contributed by atoms with Crippen molar-refractivity contribution in [3.05, 3.63) is 30.1 Å². The first-order valence-electron chi connectivity index (χ1n) is 5.56. The number of nitrogens with zero attached hydrogens (tertiary/aromatic N) is 3. The second kappa shape index (κ2) is 5.83. The van der Waals surface area contributed by atoms with Crippen LogP contribution in [0.25, 0.3) is 0 Å². The standard InChI is InChI=1S/C12H12N4O4/c1-19-8-6-9(20-2)15-12(14-8)16-11(18)10-7(17)4-3-5-13-10/h3-6,17H,1-2H3,(H,14,15,16,18). The predicted molar refractivity (Wildman–Crippen MR) is 69.0 cm³/mol. The number of carbonyl (C=O) groups is 1. The summed E-state index contributed by atoms with van der Waals surface area (Å²) in [6.45, 7) is 0. The molecule has 0 saturated heterocycles. The highest BCUT2D eigenvalue weighted by Gasteiger charge is 2.15. The molecule has 8 nitrogen and oxygen atoms in total. The van der Waals surface area contributed by atoms with Gasteiger partial charge in [0.05, 0.1) is 20.3 Å². The highest BCUT2D eigenvalue weighted by Crippen LogP contribution is 2.19. The second-order valence-corrected chi connectivity index (χ2v) is 3.60. The van der Waals surface area contributed by atoms with Crippen molar-refractivity contribution in [2.45, 2.75) is 0 Å². The zero-order chi connectivity index (χ0) is 14.5. The third-order valence-corrected chi connectivity index (χ3v) is 2.32. The Balaban J connectivity index is 2.26. The molecule has 0 unspecified atom stereocenters. The fourth-order valence-electron chi connectivity index (χ4n) is 1.40. The Morgan fingerprint density at radius 1 is 1.25 bits per heavy atom. The summed E-state index contributed by atoms with van der Waals surface area (Å²) in [7, 11) is 2.86. The van der Waals surface area contributed by atoms with Crippen LogP contribution in [0.2, 0.25) is 0 Å². The first-order chi connectivity index (χ1) is 9.63. The van der Waals surface area contributed by atoms with Crippen LogP contribution < -0.4 is 14.8 Å². The molecule has 0 aliphatic rings. The fourth-order valence-corrected chi connectivity index (χ4v) is 1.40. The summed E-state index contributed by atoms with van der Waals surface area (Å²) in [4.78, 5) is 23.6. The maximum atomic E-state index is 11.9. The summed E-state index contributed by atoms with van der Waals surface area (Å²) in [6.07, 6.45) is 1.39. The van der Waals surface area contributed by atoms with Gasteiger partial charge in [0, 0.05) is 6.20 Å². The van der Waals surface area contributed by atoms with Crippen LogP contribution in [-0.4, -0.2) is 40.2 Å². The quantitative estimate of drug-likeness (QED) is 0.852. The Labute approximate surface area is 114 Å². The maximum Gasteiger partial charge on any atom is 0.280 e. The van der Waals surface area contributed by atoms with E-state index in [0.717, 1.165) is 0 Å². The number of rotatable bonds is 4. The van der Waals surface area contributed by atoms with Gasteiger partial charge in [-0.15, -0.1) is 0 Å². The van der Waals surface area contributed by atoms with Crippen LogP contribution in [0.15, 0.2) is 24.4 Å². The topological polar surface area (TPSA) is 106 Å². The lowest BCUT2D eigenvalue weighted by Crippen LogP contribution is -2.16. The zero-order valence-corrected chi connectivity index (χ0v) is 10.8. The molecule has 2 rings (SSSR count). The first kappa shape index (κ1) is 13.5. The molecule has 1 amide bonds. The van der Waals surface area contributed by atoms with Gasteiger partial charge in [0.2, 0.25) is 17.7 Å². The van der Waals surface area contributed by atoms with Gasteiger partial charge < -0.3 is 14.6 Å². The number of aromatic nitrogens is 3. The summed E-state index contributed by atoms with van der Waals surface area (Å²) in [5.41, 5.74) is -0.127. The zero-order valence-electron chi connectivity index (χ0n) is 10.8. The molecule has 20 heavy (non-hydrogen) atoms. The molecule has 0 fully saturated rings. The van der Waals surface area contributed by atoms with Gasteiger partial charge in [-0.05, 0) is 12.1 Å². The van der Waals surface area contributed by atoms with E-state index in [2.05, 4.69) is 20.3 Å². The average Bonchev–Trinajstić information content (AvgIpc) is 2.47. The molecule has 0 aromatic carbocycles. The number of nitrogens with one attached hydrogen (secondary N) is 1. The number of ether oxygens (including phenoxy) is 2. The molecule has 8 heteroatoms. The predicted octanol–water partition coefficient (Wildman–Crippen LogP) is 0.847. The lowest BCUT2D eigenvalue weighted by atomic mass is 10.3. The van der Waals surface area contributed by atoms with Gasteiger partial charge in [-0.25, -0.2) is 4.98 Å². The largest absolute Gasteiger partial charge is 0.505 e. The minimum Gasteiger partial charge on any atom is -0.505 e. The number of hydrogen-bond acceptors (Lipinski definition) is 7. The van der Waals surface area contributed by atoms with E-state index in [1.54, 1.807) is 0 Å². The van der Waals surface area contributed by atoms with Crippen molar-refractivity contribution in [2.24, 2.45) is 0 Å². The van der Waals surface area contributed by atoms with Crippen LogP contribution >= 0.6 is 0 Å². The molecule has 0 spiro atoms. The van der Waals surface area contributed by atoms with Crippen LogP contribution in [0, 0.1) is 0 Å². The van der Waals surface area contributed by atoms with Crippen LogP contribution in [0.1, 0.15) is 10.5 Å². The molecule has 2 N–H and O–H groups in total. The third-order valence-electron chi connectivity index (χ3n) is 2.32. The summed E-state index contributed by atoms with van der Waals surface area (Å²) < 4.78 is 9.92. The van der Waals surface area contributed by atoms with Crippen LogP contribution in [0.4, 0.5) is 5.95 Å². The van der Waals surface area contributed by atoms with E-state index in [1.165, 1.54) is 38.6 Å². The van der Waals surface area contributed by atoms with E-state index in [-0.39, 0.29) is 29.2 Å². The SMILES string of the molecule is COc1cc(OC)nc(NC(=O)c2ncccc2O)n1. The summed E-state index contributed by atoms with van der Waals surface area (Å²) in [5.74, 6) is -0.427. The molecule has 0 radical (unpaired) electrons. The molecule has 2 aromatic heterocycles. The van der Waals surface area contributed by atoms with Crippen molar-refractivity contribution in [3.8, 4) is 17.5 Å². The Bertz CT molecular complexity index is 610. The number of methoxy groups -OCH3 is 2. The Kier molecular flexibility index (Phi) is 3.94. The number of pyridine rings is 1. The molecule has 104 valence electrons. The summed E-state index contributed by atoms with van der Waals surface area (Å²) in [6, 6.07) is 4.33. The Morgan fingerprint density at radius 2 is 1.90 bits per heavy atom. The van der Waals surface area contributed by atoms with Crippen LogP contribution in [0.5, 0.6) is 17.5 Å². The number of amides is 1. The fraction of sp³-hybridized carbons (Fsp3) is 0.167. The van der Waals surface area contributed by atoms with E-state index < -0.39 is 5.91 Å². The molecule has 2 heterocycles. The molecule has 0 aliphatic heterocycles. The smallest absolute Gasteiger partial charge is 0.280 e. The summed E-state index contributed by atoms with van der Waals surface area (Å²) >= 11 is 0. The summed E-state index contributed by atoms with van der Waals surface area (Å²) in [5, 5.41) is 12.0. The van der Waals surface area contributed by atoms with Crippen LogP contribution in [0.3, 0.4) is 0 Å². The molecule has 2 aromatic rings.